The number of amides is 2. The molecule has 0 saturated carbocycles. The van der Waals surface area contributed by atoms with Crippen molar-refractivity contribution in [2.75, 3.05) is 34.9 Å². The highest BCUT2D eigenvalue weighted by atomic mass is 16.5. The number of hydrogen-bond acceptors (Lipinski definition) is 6. The van der Waals surface area contributed by atoms with Gasteiger partial charge in [-0.15, -0.1) is 0 Å². The van der Waals surface area contributed by atoms with Gasteiger partial charge in [-0.05, 0) is 29.3 Å². The maximum absolute atomic E-state index is 13.3. The Morgan fingerprint density at radius 3 is 2.42 bits per heavy atom. The van der Waals surface area contributed by atoms with E-state index in [-0.39, 0.29) is 24.8 Å². The van der Waals surface area contributed by atoms with Crippen LogP contribution in [0.1, 0.15) is 39.9 Å². The molecule has 2 atom stereocenters. The molecule has 0 spiro atoms. The molecule has 8 nitrogen and oxygen atoms in total. The lowest BCUT2D eigenvalue weighted by Gasteiger charge is -2.40. The summed E-state index contributed by atoms with van der Waals surface area (Å²) in [5.41, 5.74) is 1.85. The van der Waals surface area contributed by atoms with Crippen molar-refractivity contribution in [3.8, 4) is 11.5 Å². The van der Waals surface area contributed by atoms with E-state index in [0.29, 0.717) is 22.6 Å². The number of benzene rings is 2. The predicted octanol–water partition coefficient (Wildman–Crippen LogP) is 2.29. The SMILES string of the molecule is COC(=O)CCNC(=O)[C@H]1c2ccccc2C(=O)N(C)[C@@H]1c1ccc(OC)c(OC)c1. The number of fused-ring (bicyclic) bond motifs is 1. The summed E-state index contributed by atoms with van der Waals surface area (Å²) in [6.45, 7) is 0.139. The minimum atomic E-state index is -0.672. The summed E-state index contributed by atoms with van der Waals surface area (Å²) in [4.78, 5) is 39.3. The van der Waals surface area contributed by atoms with Crippen molar-refractivity contribution in [1.29, 1.82) is 0 Å². The standard InChI is InChI=1S/C23H26N2O6/c1-25-21(14-9-10-17(29-2)18(13-14)30-3)20(22(27)24-12-11-19(26)31-4)15-7-5-6-8-16(15)23(25)28/h5-10,13,20-21H,11-12H2,1-4H3,(H,24,27)/t20-,21+/m0/s1. The molecule has 2 aromatic carbocycles. The lowest BCUT2D eigenvalue weighted by atomic mass is 9.79. The number of carbonyl (C=O) groups excluding carboxylic acids is 3. The normalized spacial score (nSPS) is 17.5. The molecule has 1 aliphatic heterocycles. The molecule has 2 amide bonds. The lowest BCUT2D eigenvalue weighted by molar-refractivity contribution is -0.140. The highest BCUT2D eigenvalue weighted by molar-refractivity contribution is 6.01. The second-order valence-electron chi connectivity index (χ2n) is 7.16. The zero-order valence-corrected chi connectivity index (χ0v) is 18.0. The summed E-state index contributed by atoms with van der Waals surface area (Å²) in [6, 6.07) is 11.9. The number of nitrogens with one attached hydrogen (secondary N) is 1. The van der Waals surface area contributed by atoms with Gasteiger partial charge in [0.2, 0.25) is 5.91 Å². The summed E-state index contributed by atoms with van der Waals surface area (Å²) in [5, 5.41) is 2.81. The summed E-state index contributed by atoms with van der Waals surface area (Å²) in [7, 11) is 6.05. The van der Waals surface area contributed by atoms with Gasteiger partial charge in [-0.2, -0.15) is 0 Å². The fourth-order valence-corrected chi connectivity index (χ4v) is 3.91. The number of rotatable bonds is 7. The topological polar surface area (TPSA) is 94.2 Å². The minimum absolute atomic E-state index is 0.0619. The highest BCUT2D eigenvalue weighted by Gasteiger charge is 2.42. The van der Waals surface area contributed by atoms with Gasteiger partial charge in [0.25, 0.3) is 5.91 Å². The van der Waals surface area contributed by atoms with Crippen LogP contribution in [-0.2, 0) is 14.3 Å². The van der Waals surface area contributed by atoms with E-state index in [1.165, 1.54) is 14.2 Å². The number of nitrogens with zero attached hydrogens (tertiary/aromatic N) is 1. The summed E-state index contributed by atoms with van der Waals surface area (Å²) >= 11 is 0. The molecule has 1 heterocycles. The number of carbonyl (C=O) groups is 3. The van der Waals surface area contributed by atoms with Crippen molar-refractivity contribution in [3.63, 3.8) is 0 Å². The van der Waals surface area contributed by atoms with Gasteiger partial charge in [-0.1, -0.05) is 24.3 Å². The van der Waals surface area contributed by atoms with Crippen molar-refractivity contribution < 1.29 is 28.6 Å². The van der Waals surface area contributed by atoms with Crippen molar-refractivity contribution in [2.45, 2.75) is 18.4 Å². The summed E-state index contributed by atoms with van der Waals surface area (Å²) < 4.78 is 15.4. The summed E-state index contributed by atoms with van der Waals surface area (Å²) in [5.74, 6) is -0.479. The lowest BCUT2D eigenvalue weighted by Crippen LogP contribution is -2.46. The van der Waals surface area contributed by atoms with Crippen LogP contribution in [0.5, 0.6) is 11.5 Å². The molecule has 1 aliphatic rings. The van der Waals surface area contributed by atoms with Crippen molar-refractivity contribution in [1.82, 2.24) is 10.2 Å². The first-order valence-corrected chi connectivity index (χ1v) is 9.85. The van der Waals surface area contributed by atoms with Crippen LogP contribution >= 0.6 is 0 Å². The second kappa shape index (κ2) is 9.51. The van der Waals surface area contributed by atoms with Gasteiger partial charge in [-0.25, -0.2) is 0 Å². The number of hydrogen-bond donors (Lipinski definition) is 1. The zero-order chi connectivity index (χ0) is 22.5. The van der Waals surface area contributed by atoms with Crippen LogP contribution in [0.25, 0.3) is 0 Å². The first kappa shape index (κ1) is 22.1. The van der Waals surface area contributed by atoms with Crippen LogP contribution in [0.15, 0.2) is 42.5 Å². The van der Waals surface area contributed by atoms with Crippen LogP contribution < -0.4 is 14.8 Å². The van der Waals surface area contributed by atoms with Crippen LogP contribution in [-0.4, -0.2) is 57.6 Å². The van der Waals surface area contributed by atoms with Crippen LogP contribution in [0.2, 0.25) is 0 Å². The Labute approximate surface area is 181 Å². The van der Waals surface area contributed by atoms with E-state index in [1.54, 1.807) is 55.5 Å². The van der Waals surface area contributed by atoms with Gasteiger partial charge in [0.15, 0.2) is 11.5 Å². The Balaban J connectivity index is 2.03. The quantitative estimate of drug-likeness (QED) is 0.683. The molecule has 0 saturated heterocycles. The Kier molecular flexibility index (Phi) is 6.79. The van der Waals surface area contributed by atoms with Crippen LogP contribution in [0.3, 0.4) is 0 Å². The van der Waals surface area contributed by atoms with Gasteiger partial charge in [0.05, 0.1) is 39.7 Å². The minimum Gasteiger partial charge on any atom is -0.493 e. The molecule has 2 aromatic rings. The number of esters is 1. The molecule has 164 valence electrons. The average Bonchev–Trinajstić information content (AvgIpc) is 2.80. The van der Waals surface area contributed by atoms with E-state index in [9.17, 15) is 14.4 Å². The molecule has 0 aliphatic carbocycles. The molecule has 31 heavy (non-hydrogen) atoms. The first-order valence-electron chi connectivity index (χ1n) is 9.85. The average molecular weight is 426 g/mol. The monoisotopic (exact) mass is 426 g/mol. The van der Waals surface area contributed by atoms with Gasteiger partial charge < -0.3 is 24.4 Å². The summed E-state index contributed by atoms with van der Waals surface area (Å²) in [6.07, 6.45) is 0.0619. The van der Waals surface area contributed by atoms with Gasteiger partial charge in [-0.3, -0.25) is 14.4 Å². The third-order valence-corrected chi connectivity index (χ3v) is 5.47. The number of methoxy groups -OCH3 is 3. The van der Waals surface area contributed by atoms with Crippen LogP contribution in [0.4, 0.5) is 0 Å². The maximum Gasteiger partial charge on any atom is 0.307 e. The third kappa shape index (κ3) is 4.33. The molecule has 0 radical (unpaired) electrons. The fourth-order valence-electron chi connectivity index (χ4n) is 3.91. The Morgan fingerprint density at radius 2 is 1.74 bits per heavy atom. The van der Waals surface area contributed by atoms with Crippen LogP contribution in [0, 0.1) is 0 Å². The molecule has 0 unspecified atom stereocenters. The zero-order valence-electron chi connectivity index (χ0n) is 18.0. The molecule has 0 bridgehead atoms. The Bertz CT molecular complexity index is 990. The van der Waals surface area contributed by atoms with Gasteiger partial charge >= 0.3 is 5.97 Å². The smallest absolute Gasteiger partial charge is 0.307 e. The predicted molar refractivity (Wildman–Crippen MR) is 113 cm³/mol. The number of likely N-dealkylation sites (N-methyl/N-ethyl adjacent to an activating group) is 1. The maximum atomic E-state index is 13.3. The van der Waals surface area contributed by atoms with E-state index in [0.717, 1.165) is 5.56 Å². The van der Waals surface area contributed by atoms with E-state index in [4.69, 9.17) is 9.47 Å². The fraction of sp³-hybridized carbons (Fsp3) is 0.348. The molecular weight excluding hydrogens is 400 g/mol. The van der Waals surface area contributed by atoms with Gasteiger partial charge in [0.1, 0.15) is 0 Å². The molecular formula is C23H26N2O6. The van der Waals surface area contributed by atoms with Crippen molar-refractivity contribution >= 4 is 17.8 Å². The van der Waals surface area contributed by atoms with E-state index in [1.807, 2.05) is 6.07 Å². The first-order chi connectivity index (χ1) is 14.9. The van der Waals surface area contributed by atoms with E-state index >= 15 is 0 Å². The Hall–Kier alpha value is -3.55. The molecule has 0 aromatic heterocycles. The second-order valence-corrected chi connectivity index (χ2v) is 7.16. The molecule has 3 rings (SSSR count). The molecule has 0 fully saturated rings. The highest BCUT2D eigenvalue weighted by Crippen LogP contribution is 2.43. The van der Waals surface area contributed by atoms with Crippen molar-refractivity contribution in [2.24, 2.45) is 0 Å². The Morgan fingerprint density at radius 1 is 1.03 bits per heavy atom. The molecule has 1 N–H and O–H groups in total. The number of ether oxygens (including phenoxy) is 3. The van der Waals surface area contributed by atoms with E-state index < -0.39 is 17.9 Å². The third-order valence-electron chi connectivity index (χ3n) is 5.47. The van der Waals surface area contributed by atoms with Crippen molar-refractivity contribution in [3.05, 3.63) is 59.2 Å². The largest absolute Gasteiger partial charge is 0.493 e. The molecule has 8 heteroatoms. The van der Waals surface area contributed by atoms with E-state index in [2.05, 4.69) is 10.1 Å². The van der Waals surface area contributed by atoms with Gasteiger partial charge in [0, 0.05) is 19.2 Å².